The summed E-state index contributed by atoms with van der Waals surface area (Å²) in [6.45, 7) is 8.07. The van der Waals surface area contributed by atoms with E-state index in [-0.39, 0.29) is 11.2 Å². The standard InChI is InChI=1S/C21H20ClNO3/c1-11(2)15-6-5-14(7-12(15)3)23-21(25)20-10-18(24)16-9-17(22)13(4)8-19(16)26-20/h5-11H,1-4H3,(H,23,25). The molecule has 1 aromatic heterocycles. The lowest BCUT2D eigenvalue weighted by Gasteiger charge is -2.12. The third kappa shape index (κ3) is 3.51. The van der Waals surface area contributed by atoms with Gasteiger partial charge in [0, 0.05) is 16.8 Å². The van der Waals surface area contributed by atoms with E-state index in [4.69, 9.17) is 16.0 Å². The van der Waals surface area contributed by atoms with Gasteiger partial charge in [0.25, 0.3) is 5.91 Å². The number of hydrogen-bond donors (Lipinski definition) is 1. The van der Waals surface area contributed by atoms with Gasteiger partial charge in [0.15, 0.2) is 11.2 Å². The van der Waals surface area contributed by atoms with Gasteiger partial charge in [0.1, 0.15) is 5.58 Å². The molecule has 5 heteroatoms. The normalized spacial score (nSPS) is 11.2. The fourth-order valence-corrected chi connectivity index (χ4v) is 3.15. The maximum atomic E-state index is 12.5. The number of nitrogens with one attached hydrogen (secondary N) is 1. The van der Waals surface area contributed by atoms with Gasteiger partial charge < -0.3 is 9.73 Å². The van der Waals surface area contributed by atoms with Crippen molar-refractivity contribution in [3.8, 4) is 0 Å². The van der Waals surface area contributed by atoms with Crippen molar-refractivity contribution in [1.29, 1.82) is 0 Å². The first-order valence-corrected chi connectivity index (χ1v) is 8.80. The van der Waals surface area contributed by atoms with E-state index in [1.54, 1.807) is 12.1 Å². The number of aryl methyl sites for hydroxylation is 2. The quantitative estimate of drug-likeness (QED) is 0.668. The predicted molar refractivity (Wildman–Crippen MR) is 105 cm³/mol. The van der Waals surface area contributed by atoms with E-state index in [0.29, 0.717) is 27.6 Å². The molecule has 1 heterocycles. The molecule has 0 saturated carbocycles. The summed E-state index contributed by atoms with van der Waals surface area (Å²) in [5, 5.41) is 3.63. The van der Waals surface area contributed by atoms with Crippen LogP contribution in [0.2, 0.25) is 5.02 Å². The Kier molecular flexibility index (Phi) is 4.88. The first kappa shape index (κ1) is 18.2. The van der Waals surface area contributed by atoms with E-state index in [0.717, 1.165) is 11.1 Å². The van der Waals surface area contributed by atoms with Gasteiger partial charge in [-0.15, -0.1) is 0 Å². The molecule has 0 atom stereocenters. The van der Waals surface area contributed by atoms with Gasteiger partial charge in [0.2, 0.25) is 0 Å². The highest BCUT2D eigenvalue weighted by molar-refractivity contribution is 6.32. The summed E-state index contributed by atoms with van der Waals surface area (Å²) in [5.41, 5.74) is 3.81. The van der Waals surface area contributed by atoms with Gasteiger partial charge in [-0.05, 0) is 60.7 Å². The summed E-state index contributed by atoms with van der Waals surface area (Å²) in [5.74, 6) is -0.0866. The molecular weight excluding hydrogens is 350 g/mol. The van der Waals surface area contributed by atoms with E-state index in [1.165, 1.54) is 11.6 Å². The zero-order valence-electron chi connectivity index (χ0n) is 15.1. The van der Waals surface area contributed by atoms with Gasteiger partial charge in [-0.25, -0.2) is 0 Å². The van der Waals surface area contributed by atoms with Crippen molar-refractivity contribution in [3.05, 3.63) is 74.1 Å². The van der Waals surface area contributed by atoms with Gasteiger partial charge in [-0.3, -0.25) is 9.59 Å². The smallest absolute Gasteiger partial charge is 0.291 e. The molecule has 2 aromatic carbocycles. The number of halogens is 1. The highest BCUT2D eigenvalue weighted by Gasteiger charge is 2.14. The molecule has 3 rings (SSSR count). The van der Waals surface area contributed by atoms with Crippen molar-refractivity contribution in [3.63, 3.8) is 0 Å². The van der Waals surface area contributed by atoms with E-state index >= 15 is 0 Å². The summed E-state index contributed by atoms with van der Waals surface area (Å²) in [6, 6.07) is 10.2. The molecule has 0 fully saturated rings. The zero-order valence-corrected chi connectivity index (χ0v) is 15.9. The van der Waals surface area contributed by atoms with Crippen LogP contribution in [0.15, 0.2) is 45.6 Å². The number of fused-ring (bicyclic) bond motifs is 1. The van der Waals surface area contributed by atoms with Crippen molar-refractivity contribution >= 4 is 34.2 Å². The van der Waals surface area contributed by atoms with E-state index in [2.05, 4.69) is 19.2 Å². The van der Waals surface area contributed by atoms with Gasteiger partial charge in [-0.2, -0.15) is 0 Å². The number of anilines is 1. The molecule has 0 radical (unpaired) electrons. The summed E-state index contributed by atoms with van der Waals surface area (Å²) < 4.78 is 5.63. The Morgan fingerprint density at radius 3 is 2.46 bits per heavy atom. The Labute approximate surface area is 156 Å². The highest BCUT2D eigenvalue weighted by atomic mass is 35.5. The third-order valence-corrected chi connectivity index (χ3v) is 4.79. The number of carbonyl (C=O) groups excluding carboxylic acids is 1. The van der Waals surface area contributed by atoms with Crippen LogP contribution in [0.25, 0.3) is 11.0 Å². The van der Waals surface area contributed by atoms with Crippen LogP contribution in [0.5, 0.6) is 0 Å². The van der Waals surface area contributed by atoms with E-state index in [1.807, 2.05) is 32.0 Å². The maximum absolute atomic E-state index is 12.5. The van der Waals surface area contributed by atoms with Crippen molar-refractivity contribution in [2.45, 2.75) is 33.6 Å². The lowest BCUT2D eigenvalue weighted by atomic mass is 9.98. The number of amides is 1. The molecule has 3 aromatic rings. The molecule has 0 saturated heterocycles. The highest BCUT2D eigenvalue weighted by Crippen LogP contribution is 2.24. The third-order valence-electron chi connectivity index (χ3n) is 4.38. The van der Waals surface area contributed by atoms with Crippen LogP contribution >= 0.6 is 11.6 Å². The number of rotatable bonds is 3. The fourth-order valence-electron chi connectivity index (χ4n) is 2.98. The molecule has 0 unspecified atom stereocenters. The van der Waals surface area contributed by atoms with Gasteiger partial charge in [-0.1, -0.05) is 31.5 Å². The topological polar surface area (TPSA) is 59.3 Å². The van der Waals surface area contributed by atoms with Crippen molar-refractivity contribution in [1.82, 2.24) is 0 Å². The minimum Gasteiger partial charge on any atom is -0.451 e. The second kappa shape index (κ2) is 6.96. The Hall–Kier alpha value is -2.59. The van der Waals surface area contributed by atoms with Crippen LogP contribution in [0, 0.1) is 13.8 Å². The Morgan fingerprint density at radius 2 is 1.81 bits per heavy atom. The van der Waals surface area contributed by atoms with Crippen LogP contribution < -0.4 is 10.7 Å². The molecule has 4 nitrogen and oxygen atoms in total. The minimum absolute atomic E-state index is 0.0326. The molecule has 0 bridgehead atoms. The van der Waals surface area contributed by atoms with Crippen LogP contribution in [0.3, 0.4) is 0 Å². The van der Waals surface area contributed by atoms with Crippen molar-refractivity contribution < 1.29 is 9.21 Å². The minimum atomic E-state index is -0.465. The zero-order chi connectivity index (χ0) is 19.0. The van der Waals surface area contributed by atoms with Crippen LogP contribution in [-0.4, -0.2) is 5.91 Å². The fraction of sp³-hybridized carbons (Fsp3) is 0.238. The lowest BCUT2D eigenvalue weighted by Crippen LogP contribution is -2.15. The molecule has 26 heavy (non-hydrogen) atoms. The van der Waals surface area contributed by atoms with Crippen molar-refractivity contribution in [2.75, 3.05) is 5.32 Å². The Balaban J connectivity index is 1.94. The number of benzene rings is 2. The molecule has 0 aliphatic carbocycles. The van der Waals surface area contributed by atoms with E-state index < -0.39 is 5.91 Å². The number of carbonyl (C=O) groups is 1. The number of hydrogen-bond acceptors (Lipinski definition) is 3. The monoisotopic (exact) mass is 369 g/mol. The Bertz CT molecular complexity index is 1070. The largest absolute Gasteiger partial charge is 0.451 e. The molecular formula is C21H20ClNO3. The second-order valence-corrected chi connectivity index (χ2v) is 7.16. The second-order valence-electron chi connectivity index (χ2n) is 6.75. The molecule has 0 aliphatic heterocycles. The molecule has 0 aliphatic rings. The Morgan fingerprint density at radius 1 is 1.08 bits per heavy atom. The van der Waals surface area contributed by atoms with Gasteiger partial charge in [0.05, 0.1) is 5.39 Å². The van der Waals surface area contributed by atoms with E-state index in [9.17, 15) is 9.59 Å². The molecule has 1 amide bonds. The van der Waals surface area contributed by atoms with Crippen LogP contribution in [-0.2, 0) is 0 Å². The lowest BCUT2D eigenvalue weighted by molar-refractivity contribution is 0.0997. The summed E-state index contributed by atoms with van der Waals surface area (Å²) in [6.07, 6.45) is 0. The van der Waals surface area contributed by atoms with Crippen LogP contribution in [0.1, 0.15) is 47.0 Å². The average Bonchev–Trinajstić information content (AvgIpc) is 2.56. The first-order valence-electron chi connectivity index (χ1n) is 8.42. The summed E-state index contributed by atoms with van der Waals surface area (Å²) in [7, 11) is 0. The summed E-state index contributed by atoms with van der Waals surface area (Å²) in [4.78, 5) is 24.8. The van der Waals surface area contributed by atoms with Crippen LogP contribution in [0.4, 0.5) is 5.69 Å². The SMILES string of the molecule is Cc1cc2oc(C(=O)Nc3ccc(C(C)C)c(C)c3)cc(=O)c2cc1Cl. The molecule has 134 valence electrons. The average molecular weight is 370 g/mol. The van der Waals surface area contributed by atoms with Gasteiger partial charge >= 0.3 is 0 Å². The molecule has 0 spiro atoms. The summed E-state index contributed by atoms with van der Waals surface area (Å²) >= 11 is 6.06. The first-order chi connectivity index (χ1) is 12.3. The maximum Gasteiger partial charge on any atom is 0.291 e. The van der Waals surface area contributed by atoms with Crippen molar-refractivity contribution in [2.24, 2.45) is 0 Å². The molecule has 1 N–H and O–H groups in total. The predicted octanol–water partition coefficient (Wildman–Crippen LogP) is 5.44.